The van der Waals surface area contributed by atoms with Gasteiger partial charge in [-0.2, -0.15) is 0 Å². The van der Waals surface area contributed by atoms with E-state index in [1.807, 2.05) is 13.8 Å². The molecule has 0 aromatic heterocycles. The molecule has 1 saturated heterocycles. The quantitative estimate of drug-likeness (QED) is 0.492. The fourth-order valence-electron chi connectivity index (χ4n) is 4.28. The second-order valence-electron chi connectivity index (χ2n) is 9.51. The first-order chi connectivity index (χ1) is 16.7. The molecule has 0 saturated carbocycles. The number of aliphatic hydroxyl groups is 1. The van der Waals surface area contributed by atoms with Gasteiger partial charge in [-0.3, -0.25) is 19.2 Å². The number of likely N-dealkylation sites (tertiary alicyclic amines) is 1. The maximum atomic E-state index is 13.3. The zero-order chi connectivity index (χ0) is 25.4. The van der Waals surface area contributed by atoms with Gasteiger partial charge in [0.15, 0.2) is 0 Å². The lowest BCUT2D eigenvalue weighted by molar-refractivity contribution is -0.135. The molecule has 2 atom stereocenters. The Balaban J connectivity index is 1.83. The van der Waals surface area contributed by atoms with E-state index in [0.717, 1.165) is 0 Å². The van der Waals surface area contributed by atoms with E-state index in [0.29, 0.717) is 38.1 Å². The monoisotopic (exact) mass is 488 g/mol. The summed E-state index contributed by atoms with van der Waals surface area (Å²) >= 11 is 0. The molecule has 0 radical (unpaired) electrons. The molecule has 0 aliphatic carbocycles. The van der Waals surface area contributed by atoms with E-state index in [1.54, 1.807) is 29.2 Å². The summed E-state index contributed by atoms with van der Waals surface area (Å²) in [6.07, 6.45) is 1.00. The predicted octanol–water partition coefficient (Wildman–Crippen LogP) is 0.588. The number of para-hydroxylation sites is 1. The molecule has 0 spiro atoms. The summed E-state index contributed by atoms with van der Waals surface area (Å²) < 4.78 is 5.76. The second kappa shape index (κ2) is 12.5. The van der Waals surface area contributed by atoms with Gasteiger partial charge >= 0.3 is 0 Å². The van der Waals surface area contributed by atoms with Crippen LogP contribution in [0.4, 0.5) is 0 Å². The zero-order valence-corrected chi connectivity index (χ0v) is 20.4. The van der Waals surface area contributed by atoms with Crippen LogP contribution in [-0.2, 0) is 14.4 Å². The van der Waals surface area contributed by atoms with Crippen LogP contribution in [0.3, 0.4) is 0 Å². The lowest BCUT2D eigenvalue weighted by atomic mass is 10.0. The third-order valence-electron chi connectivity index (χ3n) is 6.19. The van der Waals surface area contributed by atoms with Crippen molar-refractivity contribution in [2.45, 2.75) is 64.1 Å². The largest absolute Gasteiger partial charge is 0.491 e. The van der Waals surface area contributed by atoms with E-state index in [2.05, 4.69) is 16.0 Å². The molecule has 2 aliphatic rings. The summed E-state index contributed by atoms with van der Waals surface area (Å²) in [4.78, 5) is 53.5. The van der Waals surface area contributed by atoms with E-state index in [-0.39, 0.29) is 55.2 Å². The lowest BCUT2D eigenvalue weighted by Gasteiger charge is -2.32. The van der Waals surface area contributed by atoms with E-state index in [4.69, 9.17) is 4.74 Å². The van der Waals surface area contributed by atoms with Crippen molar-refractivity contribution in [2.24, 2.45) is 5.92 Å². The molecule has 1 fully saturated rings. The molecule has 0 bridgehead atoms. The van der Waals surface area contributed by atoms with Crippen molar-refractivity contribution in [3.8, 4) is 5.75 Å². The fourth-order valence-corrected chi connectivity index (χ4v) is 4.28. The van der Waals surface area contributed by atoms with E-state index in [1.165, 1.54) is 0 Å². The van der Waals surface area contributed by atoms with Crippen LogP contribution >= 0.6 is 0 Å². The molecular formula is C25H36N4O6. The normalized spacial score (nSPS) is 23.2. The highest BCUT2D eigenvalue weighted by atomic mass is 16.5. The van der Waals surface area contributed by atoms with Gasteiger partial charge in [0, 0.05) is 19.5 Å². The zero-order valence-electron chi connectivity index (χ0n) is 20.4. The Labute approximate surface area is 205 Å². The fraction of sp³-hybridized carbons (Fsp3) is 0.600. The minimum Gasteiger partial charge on any atom is -0.491 e. The molecule has 2 heterocycles. The molecule has 192 valence electrons. The molecule has 1 aromatic rings. The number of carbonyl (C=O) groups is 4. The van der Waals surface area contributed by atoms with Crippen molar-refractivity contribution in [3.05, 3.63) is 29.8 Å². The van der Waals surface area contributed by atoms with Crippen molar-refractivity contribution in [1.82, 2.24) is 20.9 Å². The number of nitrogens with zero attached hydrogens (tertiary/aromatic N) is 1. The molecule has 10 nitrogen and oxygen atoms in total. The Kier molecular flexibility index (Phi) is 9.47. The van der Waals surface area contributed by atoms with E-state index >= 15 is 0 Å². The highest BCUT2D eigenvalue weighted by Gasteiger charge is 2.31. The number of ether oxygens (including phenoxy) is 1. The minimum absolute atomic E-state index is 0.0345. The molecular weight excluding hydrogens is 452 g/mol. The Morgan fingerprint density at radius 3 is 2.54 bits per heavy atom. The van der Waals surface area contributed by atoms with Crippen LogP contribution in [-0.4, -0.2) is 78.1 Å². The number of amides is 4. The smallest absolute Gasteiger partial charge is 0.255 e. The van der Waals surface area contributed by atoms with Crippen molar-refractivity contribution in [1.29, 1.82) is 0 Å². The number of piperidine rings is 1. The summed E-state index contributed by atoms with van der Waals surface area (Å²) in [7, 11) is 0. The molecule has 4 N–H and O–H groups in total. The number of fused-ring (bicyclic) bond motifs is 1. The predicted molar refractivity (Wildman–Crippen MR) is 129 cm³/mol. The first kappa shape index (κ1) is 26.5. The number of rotatable bonds is 3. The van der Waals surface area contributed by atoms with Crippen molar-refractivity contribution >= 4 is 23.6 Å². The summed E-state index contributed by atoms with van der Waals surface area (Å²) in [5.74, 6) is -0.912. The number of hydrogen-bond acceptors (Lipinski definition) is 6. The third kappa shape index (κ3) is 7.68. The summed E-state index contributed by atoms with van der Waals surface area (Å²) in [5.41, 5.74) is 0.266. The molecule has 4 amide bonds. The SMILES string of the molecule is CC(C)C[C@H]1NC(=O)CC[C@@H](C(=O)N2CCC(O)CC2)NC(=O)c2ccccc2OCCNC1=O. The van der Waals surface area contributed by atoms with Gasteiger partial charge in [-0.05, 0) is 43.7 Å². The standard InChI is InChI=1S/C25H36N4O6/c1-16(2)15-20-24(33)26-11-14-35-21-6-4-3-5-18(21)23(32)28-19(7-8-22(31)27-20)25(34)29-12-9-17(30)10-13-29/h3-6,16-17,19-20,30H,7-15H2,1-2H3,(H,26,33)(H,27,31)(H,28,32)/t19-,20+/m0/s1. The van der Waals surface area contributed by atoms with Crippen LogP contribution in [0.5, 0.6) is 5.75 Å². The van der Waals surface area contributed by atoms with Crippen LogP contribution in [0.1, 0.15) is 56.3 Å². The van der Waals surface area contributed by atoms with Gasteiger partial charge in [-0.1, -0.05) is 26.0 Å². The molecule has 35 heavy (non-hydrogen) atoms. The topological polar surface area (TPSA) is 137 Å². The Hall–Kier alpha value is -3.14. The van der Waals surface area contributed by atoms with Crippen LogP contribution in [0.15, 0.2) is 24.3 Å². The number of carbonyl (C=O) groups excluding carboxylic acids is 4. The van der Waals surface area contributed by atoms with Gasteiger partial charge in [0.25, 0.3) is 5.91 Å². The highest BCUT2D eigenvalue weighted by Crippen LogP contribution is 2.19. The Bertz CT molecular complexity index is 913. The summed E-state index contributed by atoms with van der Waals surface area (Å²) in [5, 5.41) is 18.1. The van der Waals surface area contributed by atoms with Crippen LogP contribution < -0.4 is 20.7 Å². The van der Waals surface area contributed by atoms with Crippen LogP contribution in [0.25, 0.3) is 0 Å². The first-order valence-corrected chi connectivity index (χ1v) is 12.3. The molecule has 10 heteroatoms. The summed E-state index contributed by atoms with van der Waals surface area (Å²) in [6, 6.07) is 5.06. The van der Waals surface area contributed by atoms with Crippen LogP contribution in [0.2, 0.25) is 0 Å². The molecule has 0 unspecified atom stereocenters. The molecule has 3 rings (SSSR count). The average Bonchev–Trinajstić information content (AvgIpc) is 2.83. The maximum absolute atomic E-state index is 13.3. The number of nitrogens with one attached hydrogen (secondary N) is 3. The van der Waals surface area contributed by atoms with Gasteiger partial charge < -0.3 is 30.7 Å². The molecule has 1 aromatic carbocycles. The van der Waals surface area contributed by atoms with Crippen molar-refractivity contribution in [2.75, 3.05) is 26.2 Å². The number of hydrogen-bond donors (Lipinski definition) is 4. The second-order valence-corrected chi connectivity index (χ2v) is 9.51. The van der Waals surface area contributed by atoms with Gasteiger partial charge in [0.05, 0.1) is 18.2 Å². The maximum Gasteiger partial charge on any atom is 0.255 e. The van der Waals surface area contributed by atoms with Gasteiger partial charge in [0.1, 0.15) is 24.4 Å². The van der Waals surface area contributed by atoms with E-state index in [9.17, 15) is 24.3 Å². The summed E-state index contributed by atoms with van der Waals surface area (Å²) in [6.45, 7) is 5.05. The highest BCUT2D eigenvalue weighted by molar-refractivity contribution is 5.99. The number of benzene rings is 1. The van der Waals surface area contributed by atoms with Crippen molar-refractivity contribution in [3.63, 3.8) is 0 Å². The van der Waals surface area contributed by atoms with E-state index < -0.39 is 24.1 Å². The van der Waals surface area contributed by atoms with Gasteiger partial charge in [-0.25, -0.2) is 0 Å². The average molecular weight is 489 g/mol. The molecule has 2 aliphatic heterocycles. The van der Waals surface area contributed by atoms with Crippen LogP contribution in [0, 0.1) is 5.92 Å². The van der Waals surface area contributed by atoms with Gasteiger partial charge in [0.2, 0.25) is 17.7 Å². The third-order valence-corrected chi connectivity index (χ3v) is 6.19. The van der Waals surface area contributed by atoms with Crippen molar-refractivity contribution < 1.29 is 29.0 Å². The Morgan fingerprint density at radius 2 is 1.83 bits per heavy atom. The lowest BCUT2D eigenvalue weighted by Crippen LogP contribution is -2.52. The Morgan fingerprint density at radius 1 is 1.11 bits per heavy atom. The first-order valence-electron chi connectivity index (χ1n) is 12.3. The number of aliphatic hydroxyl groups excluding tert-OH is 1. The van der Waals surface area contributed by atoms with Gasteiger partial charge in [-0.15, -0.1) is 0 Å². The minimum atomic E-state index is -0.931.